The third-order valence-corrected chi connectivity index (χ3v) is 3.94. The number of carbonyl (C=O) groups excluding carboxylic acids is 1. The normalized spacial score (nSPS) is 12.6. The van der Waals surface area contributed by atoms with Crippen LogP contribution >= 0.6 is 0 Å². The van der Waals surface area contributed by atoms with Crippen LogP contribution in [0.3, 0.4) is 0 Å². The minimum Gasteiger partial charge on any atom is -0.507 e. The van der Waals surface area contributed by atoms with Crippen LogP contribution in [0.5, 0.6) is 17.2 Å². The van der Waals surface area contributed by atoms with Gasteiger partial charge in [0.05, 0.1) is 6.21 Å². The predicted molar refractivity (Wildman–Crippen MR) is 93.2 cm³/mol. The first kappa shape index (κ1) is 15.0. The SMILES string of the molecule is O=C(N/N=C\c1c(O)ccc2ccccc12)c1ccc2c(c1)OCO2. The van der Waals surface area contributed by atoms with Gasteiger partial charge in [0.25, 0.3) is 5.91 Å². The Morgan fingerprint density at radius 3 is 2.84 bits per heavy atom. The molecule has 0 fully saturated rings. The van der Waals surface area contributed by atoms with Crippen LogP contribution in [0.25, 0.3) is 10.8 Å². The van der Waals surface area contributed by atoms with Gasteiger partial charge in [0.2, 0.25) is 6.79 Å². The molecule has 3 aromatic carbocycles. The summed E-state index contributed by atoms with van der Waals surface area (Å²) in [7, 11) is 0. The number of nitrogens with one attached hydrogen (secondary N) is 1. The molecule has 0 saturated carbocycles. The first-order valence-corrected chi connectivity index (χ1v) is 7.66. The highest BCUT2D eigenvalue weighted by atomic mass is 16.7. The summed E-state index contributed by atoms with van der Waals surface area (Å²) in [5, 5.41) is 15.9. The number of hydrogen-bond acceptors (Lipinski definition) is 5. The molecule has 0 aromatic heterocycles. The van der Waals surface area contributed by atoms with Crippen molar-refractivity contribution in [2.45, 2.75) is 0 Å². The summed E-state index contributed by atoms with van der Waals surface area (Å²) in [5.41, 5.74) is 3.41. The van der Waals surface area contributed by atoms with Gasteiger partial charge in [-0.05, 0) is 35.0 Å². The number of fused-ring (bicyclic) bond motifs is 2. The molecule has 1 aliphatic heterocycles. The molecule has 4 rings (SSSR count). The lowest BCUT2D eigenvalue weighted by atomic mass is 10.0. The molecule has 1 heterocycles. The van der Waals surface area contributed by atoms with Crippen molar-refractivity contribution >= 4 is 22.9 Å². The van der Waals surface area contributed by atoms with E-state index in [0.717, 1.165) is 10.8 Å². The molecule has 0 atom stereocenters. The van der Waals surface area contributed by atoms with Crippen LogP contribution in [0, 0.1) is 0 Å². The van der Waals surface area contributed by atoms with E-state index in [9.17, 15) is 9.90 Å². The smallest absolute Gasteiger partial charge is 0.271 e. The minimum absolute atomic E-state index is 0.0970. The van der Waals surface area contributed by atoms with Crippen molar-refractivity contribution in [2.75, 3.05) is 6.79 Å². The Kier molecular flexibility index (Phi) is 3.70. The van der Waals surface area contributed by atoms with Gasteiger partial charge in [-0.25, -0.2) is 5.43 Å². The number of benzene rings is 3. The lowest BCUT2D eigenvalue weighted by Gasteiger charge is -2.05. The number of rotatable bonds is 3. The van der Waals surface area contributed by atoms with Gasteiger partial charge in [-0.2, -0.15) is 5.10 Å². The zero-order valence-electron chi connectivity index (χ0n) is 13.1. The molecule has 1 amide bonds. The Morgan fingerprint density at radius 1 is 1.08 bits per heavy atom. The van der Waals surface area contributed by atoms with Gasteiger partial charge in [-0.3, -0.25) is 4.79 Å². The van der Waals surface area contributed by atoms with Gasteiger partial charge in [0, 0.05) is 11.1 Å². The molecular formula is C19H14N2O4. The maximum Gasteiger partial charge on any atom is 0.271 e. The van der Waals surface area contributed by atoms with E-state index in [1.807, 2.05) is 30.3 Å². The van der Waals surface area contributed by atoms with Crippen LogP contribution in [0.1, 0.15) is 15.9 Å². The first-order valence-electron chi connectivity index (χ1n) is 7.66. The summed E-state index contributed by atoms with van der Waals surface area (Å²) in [4.78, 5) is 12.2. The molecule has 0 radical (unpaired) electrons. The standard InChI is InChI=1S/C19H14N2O4/c22-16-7-5-12-3-1-2-4-14(12)15(16)10-20-21-19(23)13-6-8-17-18(9-13)25-11-24-17/h1-10,22H,11H2,(H,21,23)/b20-10-. The predicted octanol–water partition coefficient (Wildman–Crippen LogP) is 3.04. The van der Waals surface area contributed by atoms with Crippen LogP contribution in [0.4, 0.5) is 0 Å². The Balaban J connectivity index is 1.55. The molecule has 0 bridgehead atoms. The summed E-state index contributed by atoms with van der Waals surface area (Å²) in [5.74, 6) is 0.859. The van der Waals surface area contributed by atoms with E-state index in [1.54, 1.807) is 24.3 Å². The van der Waals surface area contributed by atoms with E-state index in [-0.39, 0.29) is 18.4 Å². The summed E-state index contributed by atoms with van der Waals surface area (Å²) in [6.45, 7) is 0.152. The molecule has 0 spiro atoms. The number of aromatic hydroxyl groups is 1. The second-order valence-electron chi connectivity index (χ2n) is 5.49. The van der Waals surface area contributed by atoms with Gasteiger partial charge in [0.15, 0.2) is 11.5 Å². The van der Waals surface area contributed by atoms with Crippen molar-refractivity contribution in [1.82, 2.24) is 5.43 Å². The van der Waals surface area contributed by atoms with Crippen LogP contribution < -0.4 is 14.9 Å². The fraction of sp³-hybridized carbons (Fsp3) is 0.0526. The Hall–Kier alpha value is -3.54. The number of hydrogen-bond donors (Lipinski definition) is 2. The quantitative estimate of drug-likeness (QED) is 0.570. The lowest BCUT2D eigenvalue weighted by Crippen LogP contribution is -2.17. The molecule has 2 N–H and O–H groups in total. The second-order valence-corrected chi connectivity index (χ2v) is 5.49. The minimum atomic E-state index is -0.380. The fourth-order valence-electron chi connectivity index (χ4n) is 2.68. The van der Waals surface area contributed by atoms with Crippen molar-refractivity contribution in [3.05, 3.63) is 65.7 Å². The van der Waals surface area contributed by atoms with E-state index in [1.165, 1.54) is 6.21 Å². The zero-order chi connectivity index (χ0) is 17.2. The van der Waals surface area contributed by atoms with E-state index < -0.39 is 0 Å². The van der Waals surface area contributed by atoms with E-state index in [0.29, 0.717) is 22.6 Å². The highest BCUT2D eigenvalue weighted by Crippen LogP contribution is 2.32. The van der Waals surface area contributed by atoms with Crippen molar-refractivity contribution in [2.24, 2.45) is 5.10 Å². The monoisotopic (exact) mass is 334 g/mol. The Morgan fingerprint density at radius 2 is 1.92 bits per heavy atom. The van der Waals surface area contributed by atoms with Crippen LogP contribution in [0.15, 0.2) is 59.7 Å². The molecule has 0 unspecified atom stereocenters. The molecule has 0 aliphatic carbocycles. The second kappa shape index (κ2) is 6.16. The van der Waals surface area contributed by atoms with Crippen molar-refractivity contribution in [1.29, 1.82) is 0 Å². The molecule has 124 valence electrons. The van der Waals surface area contributed by atoms with Gasteiger partial charge in [-0.1, -0.05) is 30.3 Å². The zero-order valence-corrected chi connectivity index (χ0v) is 13.1. The molecule has 0 saturated heterocycles. The van der Waals surface area contributed by atoms with Crippen LogP contribution in [-0.4, -0.2) is 24.0 Å². The average molecular weight is 334 g/mol. The average Bonchev–Trinajstić information content (AvgIpc) is 3.11. The topological polar surface area (TPSA) is 80.2 Å². The lowest BCUT2D eigenvalue weighted by molar-refractivity contribution is 0.0954. The summed E-state index contributed by atoms with van der Waals surface area (Å²) in [6, 6.07) is 16.0. The van der Waals surface area contributed by atoms with Crippen LogP contribution in [-0.2, 0) is 0 Å². The number of amides is 1. The molecule has 1 aliphatic rings. The van der Waals surface area contributed by atoms with E-state index in [2.05, 4.69) is 10.5 Å². The Labute approximate surface area is 143 Å². The van der Waals surface area contributed by atoms with Gasteiger partial charge >= 0.3 is 0 Å². The fourth-order valence-corrected chi connectivity index (χ4v) is 2.68. The third kappa shape index (κ3) is 2.85. The Bertz CT molecular complexity index is 998. The van der Waals surface area contributed by atoms with Gasteiger partial charge in [0.1, 0.15) is 5.75 Å². The summed E-state index contributed by atoms with van der Waals surface area (Å²) in [6.07, 6.45) is 1.43. The van der Waals surface area contributed by atoms with E-state index in [4.69, 9.17) is 9.47 Å². The van der Waals surface area contributed by atoms with Crippen LogP contribution in [0.2, 0.25) is 0 Å². The summed E-state index contributed by atoms with van der Waals surface area (Å²) < 4.78 is 10.5. The van der Waals surface area contributed by atoms with Crippen molar-refractivity contribution < 1.29 is 19.4 Å². The highest BCUT2D eigenvalue weighted by molar-refractivity contribution is 6.03. The van der Waals surface area contributed by atoms with Crippen molar-refractivity contribution in [3.8, 4) is 17.2 Å². The highest BCUT2D eigenvalue weighted by Gasteiger charge is 2.15. The third-order valence-electron chi connectivity index (χ3n) is 3.94. The number of hydrazone groups is 1. The first-order chi connectivity index (χ1) is 12.2. The van der Waals surface area contributed by atoms with Crippen molar-refractivity contribution in [3.63, 3.8) is 0 Å². The number of ether oxygens (including phenoxy) is 2. The van der Waals surface area contributed by atoms with Gasteiger partial charge in [-0.15, -0.1) is 0 Å². The van der Waals surface area contributed by atoms with E-state index >= 15 is 0 Å². The molecule has 3 aromatic rings. The number of phenols is 1. The molecule has 6 heteroatoms. The largest absolute Gasteiger partial charge is 0.507 e. The molecule has 6 nitrogen and oxygen atoms in total. The summed E-state index contributed by atoms with van der Waals surface area (Å²) >= 11 is 0. The molecule has 25 heavy (non-hydrogen) atoms. The maximum atomic E-state index is 12.2. The number of phenolic OH excluding ortho intramolecular Hbond substituents is 1. The maximum absolute atomic E-state index is 12.2. The number of nitrogens with zero attached hydrogens (tertiary/aromatic N) is 1. The number of carbonyl (C=O) groups is 1. The molecular weight excluding hydrogens is 320 g/mol. The van der Waals surface area contributed by atoms with Gasteiger partial charge < -0.3 is 14.6 Å².